The first-order valence-corrected chi connectivity index (χ1v) is 11.8. The zero-order valence-electron chi connectivity index (χ0n) is 17.2. The summed E-state index contributed by atoms with van der Waals surface area (Å²) < 4.78 is 63.5. The summed E-state index contributed by atoms with van der Waals surface area (Å²) >= 11 is 8.03. The van der Waals surface area contributed by atoms with E-state index in [4.69, 9.17) is 16.3 Å². The Balaban J connectivity index is 1.96. The van der Waals surface area contributed by atoms with Crippen molar-refractivity contribution < 1.29 is 22.5 Å². The summed E-state index contributed by atoms with van der Waals surface area (Å²) in [5.74, 6) is -1.15. The maximum Gasteiger partial charge on any atom is 0.387 e. The van der Waals surface area contributed by atoms with Gasteiger partial charge in [-0.25, -0.2) is 9.37 Å². The van der Waals surface area contributed by atoms with Crippen LogP contribution in [0.1, 0.15) is 50.1 Å². The van der Waals surface area contributed by atoms with E-state index >= 15 is 0 Å². The second-order valence-corrected chi connectivity index (χ2v) is 11.4. The molecule has 2 atom stereocenters. The number of pyridine rings is 1. The van der Waals surface area contributed by atoms with Gasteiger partial charge in [0.2, 0.25) is 0 Å². The van der Waals surface area contributed by atoms with E-state index in [-0.39, 0.29) is 21.7 Å². The molecule has 0 unspecified atom stereocenters. The number of hydrogen-bond donors (Lipinski definition) is 0. The fraction of sp³-hybridized carbons (Fsp3) is 0.333. The molecule has 1 aliphatic rings. The van der Waals surface area contributed by atoms with Crippen LogP contribution in [0.4, 0.5) is 13.2 Å². The molecule has 32 heavy (non-hydrogen) atoms. The highest BCUT2D eigenvalue weighted by atomic mass is 79.9. The van der Waals surface area contributed by atoms with E-state index in [2.05, 4.69) is 25.3 Å². The van der Waals surface area contributed by atoms with Crippen LogP contribution in [0.5, 0.6) is 5.75 Å². The standard InChI is InChI=1S/C21H18BrClF3N3O2S/c1-21(2,3)32(30)28-14-7-10(17-12(23)5-4-6-15(17)31-20(25)26)19-18(14)27-16-8-13(24)11(22)9-29(16)19/h4-6,8-10,20H,7H2,1-3H3/b28-14+/t10-,32-/m1/s1. The molecule has 2 aromatic heterocycles. The van der Waals surface area contributed by atoms with Gasteiger partial charge in [-0.15, -0.1) is 0 Å². The summed E-state index contributed by atoms with van der Waals surface area (Å²) in [5, 5.41) is 0.230. The second kappa shape index (κ2) is 8.55. The number of alkyl halides is 2. The lowest BCUT2D eigenvalue weighted by molar-refractivity contribution is -0.0505. The van der Waals surface area contributed by atoms with Crippen molar-refractivity contribution in [1.29, 1.82) is 0 Å². The van der Waals surface area contributed by atoms with Crippen LogP contribution >= 0.6 is 27.5 Å². The highest BCUT2D eigenvalue weighted by molar-refractivity contribution is 9.10. The summed E-state index contributed by atoms with van der Waals surface area (Å²) in [5.41, 5.74) is 2.08. The van der Waals surface area contributed by atoms with Crippen LogP contribution in [0.15, 0.2) is 39.3 Å². The Bertz CT molecular complexity index is 1230. The molecular formula is C21H18BrClF3N3O2S. The number of benzene rings is 1. The van der Waals surface area contributed by atoms with Crippen LogP contribution in [0, 0.1) is 5.82 Å². The van der Waals surface area contributed by atoms with Crippen LogP contribution in [-0.2, 0) is 11.4 Å². The van der Waals surface area contributed by atoms with Crippen molar-refractivity contribution in [2.75, 3.05) is 0 Å². The fourth-order valence-electron chi connectivity index (χ4n) is 3.60. The first kappa shape index (κ1) is 23.4. The van der Waals surface area contributed by atoms with Gasteiger partial charge in [-0.3, -0.25) is 0 Å². The Labute approximate surface area is 199 Å². The van der Waals surface area contributed by atoms with Crippen molar-refractivity contribution >= 4 is 50.3 Å². The van der Waals surface area contributed by atoms with Crippen LogP contribution in [-0.4, -0.2) is 31.0 Å². The van der Waals surface area contributed by atoms with Crippen LogP contribution < -0.4 is 4.74 Å². The van der Waals surface area contributed by atoms with E-state index in [0.717, 1.165) is 0 Å². The molecule has 1 aromatic carbocycles. The molecule has 5 nitrogen and oxygen atoms in total. The molecule has 0 N–H and O–H groups in total. The maximum absolute atomic E-state index is 14.2. The van der Waals surface area contributed by atoms with Crippen molar-refractivity contribution in [3.05, 3.63) is 62.7 Å². The molecule has 2 heterocycles. The van der Waals surface area contributed by atoms with Crippen molar-refractivity contribution in [3.8, 4) is 5.75 Å². The van der Waals surface area contributed by atoms with Gasteiger partial charge in [-0.2, -0.15) is 8.78 Å². The van der Waals surface area contributed by atoms with Gasteiger partial charge in [0.05, 0.1) is 10.2 Å². The summed E-state index contributed by atoms with van der Waals surface area (Å²) in [6.07, 6.45) is 1.73. The maximum atomic E-state index is 14.2. The van der Waals surface area contributed by atoms with Crippen molar-refractivity contribution in [1.82, 2.24) is 9.38 Å². The van der Waals surface area contributed by atoms with Crippen molar-refractivity contribution in [3.63, 3.8) is 0 Å². The zero-order chi connectivity index (χ0) is 23.4. The molecule has 0 spiro atoms. The molecule has 0 aliphatic heterocycles. The summed E-state index contributed by atoms with van der Waals surface area (Å²) in [7, 11) is 0. The van der Waals surface area contributed by atoms with Crippen LogP contribution in [0.2, 0.25) is 5.02 Å². The van der Waals surface area contributed by atoms with E-state index in [1.54, 1.807) is 31.2 Å². The van der Waals surface area contributed by atoms with E-state index in [0.29, 0.717) is 28.3 Å². The fourth-order valence-corrected chi connectivity index (χ4v) is 4.85. The SMILES string of the molecule is CC(C)(C)[S@@+]([O-])/N=C1\C[C@H](c2c(Cl)cccc2OC(F)F)c2c1nc1cc(F)c(Br)cn21. The van der Waals surface area contributed by atoms with Gasteiger partial charge >= 0.3 is 6.61 Å². The lowest BCUT2D eigenvalue weighted by Gasteiger charge is -2.19. The number of imidazole rings is 1. The van der Waals surface area contributed by atoms with Crippen LogP contribution in [0.3, 0.4) is 0 Å². The minimum atomic E-state index is -3.04. The van der Waals surface area contributed by atoms with Gasteiger partial charge in [0, 0.05) is 35.2 Å². The number of ether oxygens (including phenoxy) is 1. The highest BCUT2D eigenvalue weighted by Crippen LogP contribution is 2.46. The van der Waals surface area contributed by atoms with Gasteiger partial charge in [-0.05, 0) is 48.8 Å². The van der Waals surface area contributed by atoms with Gasteiger partial charge in [-0.1, -0.05) is 22.1 Å². The van der Waals surface area contributed by atoms with E-state index in [1.165, 1.54) is 24.4 Å². The molecule has 11 heteroatoms. The molecule has 0 radical (unpaired) electrons. The Morgan fingerprint density at radius 1 is 1.38 bits per heavy atom. The molecule has 4 rings (SSSR count). The van der Waals surface area contributed by atoms with Gasteiger partial charge in [0.25, 0.3) is 0 Å². The zero-order valence-corrected chi connectivity index (χ0v) is 20.4. The smallest absolute Gasteiger partial charge is 0.387 e. The Morgan fingerprint density at radius 3 is 2.75 bits per heavy atom. The molecule has 0 saturated carbocycles. The molecule has 0 fully saturated rings. The molecule has 0 saturated heterocycles. The number of rotatable bonds is 4. The van der Waals surface area contributed by atoms with E-state index in [1.807, 2.05) is 0 Å². The third-order valence-corrected chi connectivity index (χ3v) is 7.34. The lowest BCUT2D eigenvalue weighted by atomic mass is 9.95. The van der Waals surface area contributed by atoms with Crippen molar-refractivity contribution in [2.24, 2.45) is 4.40 Å². The molecular weight excluding hydrogens is 531 g/mol. The average molecular weight is 549 g/mol. The Kier molecular flexibility index (Phi) is 6.26. The second-order valence-electron chi connectivity index (χ2n) is 8.23. The minimum absolute atomic E-state index is 0.0715. The molecule has 3 aromatic rings. The number of fused-ring (bicyclic) bond motifs is 3. The third kappa shape index (κ3) is 4.25. The van der Waals surface area contributed by atoms with E-state index in [9.17, 15) is 17.7 Å². The number of halogens is 5. The number of hydrogen-bond acceptors (Lipinski definition) is 4. The third-order valence-electron chi connectivity index (χ3n) is 5.00. The Hall–Kier alpha value is -1.75. The normalized spacial score (nSPS) is 18.6. The average Bonchev–Trinajstić information content (AvgIpc) is 3.19. The van der Waals surface area contributed by atoms with Crippen LogP contribution in [0.25, 0.3) is 5.65 Å². The number of aromatic nitrogens is 2. The number of nitrogens with zero attached hydrogens (tertiary/aromatic N) is 3. The Morgan fingerprint density at radius 2 is 2.09 bits per heavy atom. The molecule has 170 valence electrons. The predicted molar refractivity (Wildman–Crippen MR) is 122 cm³/mol. The largest absolute Gasteiger partial charge is 0.591 e. The molecule has 0 bridgehead atoms. The summed E-state index contributed by atoms with van der Waals surface area (Å²) in [6, 6.07) is 5.76. The highest BCUT2D eigenvalue weighted by Gasteiger charge is 2.40. The van der Waals surface area contributed by atoms with Gasteiger partial charge < -0.3 is 13.7 Å². The van der Waals surface area contributed by atoms with Gasteiger partial charge in [0.1, 0.15) is 44.7 Å². The summed E-state index contributed by atoms with van der Waals surface area (Å²) in [6.45, 7) is 2.33. The van der Waals surface area contributed by atoms with Crippen molar-refractivity contribution in [2.45, 2.75) is 44.5 Å². The minimum Gasteiger partial charge on any atom is -0.591 e. The summed E-state index contributed by atoms with van der Waals surface area (Å²) in [4.78, 5) is 4.51. The molecule has 1 aliphatic carbocycles. The van der Waals surface area contributed by atoms with E-state index < -0.39 is 34.5 Å². The van der Waals surface area contributed by atoms with Gasteiger partial charge in [0.15, 0.2) is 0 Å². The first-order valence-electron chi connectivity index (χ1n) is 9.57. The molecule has 0 amide bonds. The quantitative estimate of drug-likeness (QED) is 0.361. The lowest BCUT2D eigenvalue weighted by Crippen LogP contribution is -2.27. The topological polar surface area (TPSA) is 62.0 Å². The predicted octanol–water partition coefficient (Wildman–Crippen LogP) is 6.28. The first-order chi connectivity index (χ1) is 15.0. The monoisotopic (exact) mass is 547 g/mol.